The molecule has 0 aliphatic rings. The van der Waals surface area contributed by atoms with Gasteiger partial charge in [-0.3, -0.25) is 0 Å². The van der Waals surface area contributed by atoms with E-state index in [0.29, 0.717) is 0 Å². The van der Waals surface area contributed by atoms with Gasteiger partial charge in [0.1, 0.15) is 11.2 Å². The van der Waals surface area contributed by atoms with Crippen molar-refractivity contribution in [3.63, 3.8) is 0 Å². The third kappa shape index (κ3) is 4.13. The molecule has 0 atom stereocenters. The van der Waals surface area contributed by atoms with Gasteiger partial charge >= 0.3 is 0 Å². The molecule has 0 amide bonds. The lowest BCUT2D eigenvalue weighted by atomic mass is 9.94. The number of hydrogen-bond acceptors (Lipinski definition) is 2. The van der Waals surface area contributed by atoms with Crippen LogP contribution in [0.1, 0.15) is 0 Å². The fourth-order valence-corrected chi connectivity index (χ4v) is 6.10. The van der Waals surface area contributed by atoms with E-state index in [1.54, 1.807) is 0 Å². The van der Waals surface area contributed by atoms with E-state index >= 15 is 0 Å². The van der Waals surface area contributed by atoms with Crippen molar-refractivity contribution in [2.24, 2.45) is 0 Å². The zero-order chi connectivity index (χ0) is 27.9. The van der Waals surface area contributed by atoms with Gasteiger partial charge in [0.25, 0.3) is 0 Å². The third-order valence-electron chi connectivity index (χ3n) is 8.05. The Kier molecular flexibility index (Phi) is 5.82. The summed E-state index contributed by atoms with van der Waals surface area (Å²) in [5.41, 5.74) is 9.93. The molecular formula is C40H27NO. The molecule has 0 spiro atoms. The fourth-order valence-electron chi connectivity index (χ4n) is 6.10. The van der Waals surface area contributed by atoms with Gasteiger partial charge in [-0.2, -0.15) is 0 Å². The van der Waals surface area contributed by atoms with E-state index < -0.39 is 0 Å². The normalized spacial score (nSPS) is 11.3. The van der Waals surface area contributed by atoms with Crippen LogP contribution in [0.4, 0.5) is 17.1 Å². The molecule has 0 radical (unpaired) electrons. The number of para-hydroxylation sites is 2. The van der Waals surface area contributed by atoms with Gasteiger partial charge in [0.2, 0.25) is 0 Å². The number of furan rings is 1. The first-order valence-corrected chi connectivity index (χ1v) is 14.3. The van der Waals surface area contributed by atoms with Crippen LogP contribution in [0.5, 0.6) is 0 Å². The van der Waals surface area contributed by atoms with Gasteiger partial charge in [0.15, 0.2) is 0 Å². The Morgan fingerprint density at radius 3 is 1.86 bits per heavy atom. The molecule has 0 unspecified atom stereocenters. The molecule has 1 aromatic heterocycles. The van der Waals surface area contributed by atoms with Crippen molar-refractivity contribution in [3.05, 3.63) is 164 Å². The standard InChI is InChI=1S/C40H27NO/c1-3-11-28(12-4-1)29-21-24-33(25-22-29)41(32-15-5-2-6-16-32)34-17-9-14-31(27-34)35-19-10-13-30-23-26-38-40(39(30)35)36-18-7-8-20-37(36)42-38/h1-27H. The van der Waals surface area contributed by atoms with Crippen LogP contribution in [0.25, 0.3) is 55.0 Å². The molecule has 198 valence electrons. The van der Waals surface area contributed by atoms with Crippen molar-refractivity contribution < 1.29 is 4.42 Å². The summed E-state index contributed by atoms with van der Waals surface area (Å²) in [5.74, 6) is 0. The molecule has 42 heavy (non-hydrogen) atoms. The minimum absolute atomic E-state index is 0.914. The highest BCUT2D eigenvalue weighted by Crippen LogP contribution is 2.42. The van der Waals surface area contributed by atoms with Gasteiger partial charge in [-0.05, 0) is 76.2 Å². The Bertz CT molecular complexity index is 2180. The average molecular weight is 538 g/mol. The smallest absolute Gasteiger partial charge is 0.136 e. The lowest BCUT2D eigenvalue weighted by molar-refractivity contribution is 0.669. The van der Waals surface area contributed by atoms with Gasteiger partial charge in [0.05, 0.1) is 0 Å². The summed E-state index contributed by atoms with van der Waals surface area (Å²) >= 11 is 0. The van der Waals surface area contributed by atoms with E-state index in [1.807, 2.05) is 12.1 Å². The molecule has 0 saturated heterocycles. The van der Waals surface area contributed by atoms with Crippen LogP contribution in [-0.2, 0) is 0 Å². The number of fused-ring (bicyclic) bond motifs is 5. The predicted molar refractivity (Wildman–Crippen MR) is 177 cm³/mol. The average Bonchev–Trinajstić information content (AvgIpc) is 3.45. The Morgan fingerprint density at radius 1 is 0.381 bits per heavy atom. The molecule has 0 fully saturated rings. The van der Waals surface area contributed by atoms with Gasteiger partial charge < -0.3 is 9.32 Å². The molecule has 2 heteroatoms. The summed E-state index contributed by atoms with van der Waals surface area (Å²) in [6.07, 6.45) is 0. The Balaban J connectivity index is 1.30. The lowest BCUT2D eigenvalue weighted by Gasteiger charge is -2.26. The summed E-state index contributed by atoms with van der Waals surface area (Å²) in [7, 11) is 0. The van der Waals surface area contributed by atoms with Crippen molar-refractivity contribution in [1.82, 2.24) is 0 Å². The number of rotatable bonds is 5. The molecular weight excluding hydrogens is 510 g/mol. The van der Waals surface area contributed by atoms with Crippen molar-refractivity contribution >= 4 is 49.8 Å². The van der Waals surface area contributed by atoms with Crippen LogP contribution in [-0.4, -0.2) is 0 Å². The molecule has 2 nitrogen and oxygen atoms in total. The monoisotopic (exact) mass is 537 g/mol. The Labute approximate surface area is 244 Å². The van der Waals surface area contributed by atoms with Crippen LogP contribution in [0, 0.1) is 0 Å². The number of nitrogens with zero attached hydrogens (tertiary/aromatic N) is 1. The minimum Gasteiger partial charge on any atom is -0.456 e. The predicted octanol–water partition coefficient (Wildman–Crippen LogP) is 11.5. The maximum atomic E-state index is 6.26. The van der Waals surface area contributed by atoms with Crippen LogP contribution in [0.15, 0.2) is 168 Å². The Morgan fingerprint density at radius 2 is 1.02 bits per heavy atom. The molecule has 0 aliphatic carbocycles. The molecule has 7 aromatic carbocycles. The van der Waals surface area contributed by atoms with E-state index in [1.165, 1.54) is 32.8 Å². The molecule has 0 bridgehead atoms. The van der Waals surface area contributed by atoms with Crippen molar-refractivity contribution in [3.8, 4) is 22.3 Å². The van der Waals surface area contributed by atoms with E-state index in [-0.39, 0.29) is 0 Å². The molecule has 1 heterocycles. The maximum absolute atomic E-state index is 6.26. The van der Waals surface area contributed by atoms with Crippen molar-refractivity contribution in [1.29, 1.82) is 0 Å². The highest BCUT2D eigenvalue weighted by molar-refractivity contribution is 6.22. The van der Waals surface area contributed by atoms with Gasteiger partial charge in [-0.1, -0.05) is 115 Å². The topological polar surface area (TPSA) is 16.4 Å². The van der Waals surface area contributed by atoms with Crippen LogP contribution in [0.2, 0.25) is 0 Å². The van der Waals surface area contributed by atoms with Crippen LogP contribution in [0.3, 0.4) is 0 Å². The zero-order valence-corrected chi connectivity index (χ0v) is 22.9. The summed E-state index contributed by atoms with van der Waals surface area (Å²) < 4.78 is 6.26. The zero-order valence-electron chi connectivity index (χ0n) is 22.9. The second-order valence-corrected chi connectivity index (χ2v) is 10.6. The summed E-state index contributed by atoms with van der Waals surface area (Å²) in [6.45, 7) is 0. The molecule has 8 aromatic rings. The fraction of sp³-hybridized carbons (Fsp3) is 0. The first kappa shape index (κ1) is 24.2. The summed E-state index contributed by atoms with van der Waals surface area (Å²) in [6, 6.07) is 57.9. The second kappa shape index (κ2) is 10.1. The minimum atomic E-state index is 0.914. The first-order chi connectivity index (χ1) is 20.8. The van der Waals surface area contributed by atoms with Crippen molar-refractivity contribution in [2.45, 2.75) is 0 Å². The first-order valence-electron chi connectivity index (χ1n) is 14.3. The second-order valence-electron chi connectivity index (χ2n) is 10.6. The van der Waals surface area contributed by atoms with E-state index in [4.69, 9.17) is 4.42 Å². The van der Waals surface area contributed by atoms with E-state index in [2.05, 4.69) is 157 Å². The van der Waals surface area contributed by atoms with Crippen molar-refractivity contribution in [2.75, 3.05) is 4.90 Å². The quantitative estimate of drug-likeness (QED) is 0.217. The maximum Gasteiger partial charge on any atom is 0.136 e. The van der Waals surface area contributed by atoms with Crippen LogP contribution < -0.4 is 4.90 Å². The van der Waals surface area contributed by atoms with Gasteiger partial charge in [-0.25, -0.2) is 0 Å². The van der Waals surface area contributed by atoms with Gasteiger partial charge in [0, 0.05) is 33.2 Å². The highest BCUT2D eigenvalue weighted by atomic mass is 16.3. The number of hydrogen-bond donors (Lipinski definition) is 0. The largest absolute Gasteiger partial charge is 0.456 e. The number of anilines is 3. The highest BCUT2D eigenvalue weighted by Gasteiger charge is 2.17. The summed E-state index contributed by atoms with van der Waals surface area (Å²) in [4.78, 5) is 2.33. The Hall–Kier alpha value is -5.60. The molecule has 8 rings (SSSR count). The molecule has 0 aliphatic heterocycles. The van der Waals surface area contributed by atoms with Gasteiger partial charge in [-0.15, -0.1) is 0 Å². The lowest BCUT2D eigenvalue weighted by Crippen LogP contribution is -2.09. The van der Waals surface area contributed by atoms with E-state index in [0.717, 1.165) is 39.2 Å². The van der Waals surface area contributed by atoms with E-state index in [9.17, 15) is 0 Å². The third-order valence-corrected chi connectivity index (χ3v) is 8.05. The number of benzene rings is 7. The molecule has 0 N–H and O–H groups in total. The summed E-state index contributed by atoms with van der Waals surface area (Å²) in [5, 5.41) is 4.73. The molecule has 0 saturated carbocycles. The van der Waals surface area contributed by atoms with Crippen LogP contribution >= 0.6 is 0 Å². The SMILES string of the molecule is c1ccc(-c2ccc(N(c3ccccc3)c3cccc(-c4cccc5ccc6oc7ccccc7c6c45)c3)cc2)cc1.